The molecule has 3 heterocycles. The van der Waals surface area contributed by atoms with Gasteiger partial charge >= 0.3 is 0 Å². The van der Waals surface area contributed by atoms with Gasteiger partial charge in [-0.3, -0.25) is 14.4 Å². The molecule has 0 aliphatic heterocycles. The Hall–Kier alpha value is -3.99. The molecule has 0 saturated carbocycles. The van der Waals surface area contributed by atoms with E-state index in [9.17, 15) is 14.4 Å². The average Bonchev–Trinajstić information content (AvgIpc) is 3.41. The van der Waals surface area contributed by atoms with E-state index in [4.69, 9.17) is 5.73 Å². The van der Waals surface area contributed by atoms with Crippen molar-refractivity contribution in [2.24, 2.45) is 5.73 Å². The molecule has 1 unspecified atom stereocenters. The second-order valence-corrected chi connectivity index (χ2v) is 6.90. The number of amides is 2. The van der Waals surface area contributed by atoms with Crippen LogP contribution in [0.1, 0.15) is 16.1 Å². The fourth-order valence-electron chi connectivity index (χ4n) is 3.06. The summed E-state index contributed by atoms with van der Waals surface area (Å²) in [6.07, 6.45) is 4.65. The standard InChI is InChI=1S/C19H15N7O3S/c20-18(28)17(27)14(7-10-8-22-12-4-2-1-3-11(10)12)24-19(29)16-15(25-30-26-16)13-5-6-21-9-23-13/h1-6,8-9,14,22H,7H2,(H2,20,28)(H,24,29). The van der Waals surface area contributed by atoms with Gasteiger partial charge in [0.15, 0.2) is 5.69 Å². The van der Waals surface area contributed by atoms with Crippen molar-refractivity contribution in [3.63, 3.8) is 0 Å². The van der Waals surface area contributed by atoms with Gasteiger partial charge in [0.25, 0.3) is 11.8 Å². The number of aromatic nitrogens is 5. The first-order chi connectivity index (χ1) is 14.5. The van der Waals surface area contributed by atoms with E-state index in [0.717, 1.165) is 28.2 Å². The van der Waals surface area contributed by atoms with Crippen LogP contribution in [0.5, 0.6) is 0 Å². The van der Waals surface area contributed by atoms with Gasteiger partial charge in [0.2, 0.25) is 5.78 Å². The van der Waals surface area contributed by atoms with Crippen molar-refractivity contribution in [2.45, 2.75) is 12.5 Å². The highest BCUT2D eigenvalue weighted by atomic mass is 32.1. The number of benzene rings is 1. The summed E-state index contributed by atoms with van der Waals surface area (Å²) in [5, 5.41) is 3.45. The Bertz CT molecular complexity index is 1240. The van der Waals surface area contributed by atoms with E-state index in [-0.39, 0.29) is 17.8 Å². The number of carbonyl (C=O) groups is 3. The van der Waals surface area contributed by atoms with Crippen molar-refractivity contribution < 1.29 is 14.4 Å². The predicted molar refractivity (Wildman–Crippen MR) is 108 cm³/mol. The number of ketones is 1. The smallest absolute Gasteiger partial charge is 0.287 e. The van der Waals surface area contributed by atoms with E-state index >= 15 is 0 Å². The lowest BCUT2D eigenvalue weighted by Gasteiger charge is -2.15. The maximum absolute atomic E-state index is 12.9. The first-order valence-corrected chi connectivity index (χ1v) is 9.56. The molecule has 2 amide bonds. The molecule has 11 heteroatoms. The molecule has 1 aromatic carbocycles. The molecular formula is C19H15N7O3S. The van der Waals surface area contributed by atoms with Crippen LogP contribution < -0.4 is 11.1 Å². The minimum atomic E-state index is -1.16. The van der Waals surface area contributed by atoms with Crippen molar-refractivity contribution in [3.8, 4) is 11.4 Å². The van der Waals surface area contributed by atoms with Crippen LogP contribution in [-0.4, -0.2) is 47.3 Å². The van der Waals surface area contributed by atoms with Crippen molar-refractivity contribution in [1.29, 1.82) is 0 Å². The molecule has 0 saturated heterocycles. The van der Waals surface area contributed by atoms with Gasteiger partial charge in [0.05, 0.1) is 17.4 Å². The van der Waals surface area contributed by atoms with E-state index in [1.807, 2.05) is 24.3 Å². The minimum absolute atomic E-state index is 0.0000953. The van der Waals surface area contributed by atoms with Gasteiger partial charge in [-0.15, -0.1) is 0 Å². The van der Waals surface area contributed by atoms with Gasteiger partial charge in [0, 0.05) is 29.7 Å². The number of para-hydroxylation sites is 1. The molecule has 0 bridgehead atoms. The van der Waals surface area contributed by atoms with Crippen LogP contribution in [0.3, 0.4) is 0 Å². The summed E-state index contributed by atoms with van der Waals surface area (Å²) in [6.45, 7) is 0. The summed E-state index contributed by atoms with van der Waals surface area (Å²) < 4.78 is 8.13. The van der Waals surface area contributed by atoms with Crippen LogP contribution in [0.2, 0.25) is 0 Å². The van der Waals surface area contributed by atoms with E-state index < -0.39 is 23.6 Å². The van der Waals surface area contributed by atoms with Crippen molar-refractivity contribution >= 4 is 40.2 Å². The molecule has 1 atom stereocenters. The Morgan fingerprint density at radius 2 is 2.00 bits per heavy atom. The predicted octanol–water partition coefficient (Wildman–Crippen LogP) is 0.872. The normalized spacial score (nSPS) is 11.9. The lowest BCUT2D eigenvalue weighted by molar-refractivity contribution is -0.137. The number of carbonyl (C=O) groups excluding carboxylic acids is 3. The van der Waals surface area contributed by atoms with E-state index in [1.54, 1.807) is 12.3 Å². The summed E-state index contributed by atoms with van der Waals surface area (Å²) in [5.41, 5.74) is 7.52. The third-order valence-electron chi connectivity index (χ3n) is 4.49. The molecule has 0 radical (unpaired) electrons. The van der Waals surface area contributed by atoms with E-state index in [2.05, 4.69) is 29.0 Å². The first-order valence-electron chi connectivity index (χ1n) is 8.83. The zero-order valence-electron chi connectivity index (χ0n) is 15.4. The fourth-order valence-corrected chi connectivity index (χ4v) is 3.62. The molecule has 0 aliphatic carbocycles. The quantitative estimate of drug-likeness (QED) is 0.374. The number of aromatic amines is 1. The van der Waals surface area contributed by atoms with Gasteiger partial charge < -0.3 is 16.0 Å². The highest BCUT2D eigenvalue weighted by Gasteiger charge is 2.29. The van der Waals surface area contributed by atoms with Crippen molar-refractivity contribution in [1.82, 2.24) is 29.0 Å². The number of fused-ring (bicyclic) bond motifs is 1. The number of nitrogens with two attached hydrogens (primary N) is 1. The van der Waals surface area contributed by atoms with E-state index in [0.29, 0.717) is 5.69 Å². The van der Waals surface area contributed by atoms with E-state index in [1.165, 1.54) is 12.5 Å². The lowest BCUT2D eigenvalue weighted by atomic mass is 10.0. The minimum Gasteiger partial charge on any atom is -0.363 e. The highest BCUT2D eigenvalue weighted by Crippen LogP contribution is 2.21. The number of Topliss-reactive ketones (excluding diaryl/α,β-unsaturated/α-hetero) is 1. The van der Waals surface area contributed by atoms with Gasteiger partial charge in [-0.1, -0.05) is 18.2 Å². The fraction of sp³-hybridized carbons (Fsp3) is 0.105. The third-order valence-corrected chi connectivity index (χ3v) is 5.02. The molecule has 0 aliphatic rings. The Labute approximate surface area is 173 Å². The molecule has 30 heavy (non-hydrogen) atoms. The molecule has 150 valence electrons. The number of hydrogen-bond acceptors (Lipinski definition) is 8. The zero-order chi connectivity index (χ0) is 21.1. The van der Waals surface area contributed by atoms with Crippen LogP contribution >= 0.6 is 11.7 Å². The molecular weight excluding hydrogens is 406 g/mol. The maximum Gasteiger partial charge on any atom is 0.287 e. The van der Waals surface area contributed by atoms with Crippen LogP contribution in [0.25, 0.3) is 22.3 Å². The Balaban J connectivity index is 1.62. The number of H-pyrrole nitrogens is 1. The second kappa shape index (κ2) is 8.17. The molecule has 10 nitrogen and oxygen atoms in total. The van der Waals surface area contributed by atoms with Gasteiger partial charge in [0.1, 0.15) is 18.1 Å². The Morgan fingerprint density at radius 1 is 1.17 bits per heavy atom. The Kier molecular flexibility index (Phi) is 5.26. The molecule has 0 fully saturated rings. The van der Waals surface area contributed by atoms with Crippen molar-refractivity contribution in [3.05, 3.63) is 60.3 Å². The summed E-state index contributed by atoms with van der Waals surface area (Å²) in [6, 6.07) is 7.93. The van der Waals surface area contributed by atoms with Gasteiger partial charge in [-0.25, -0.2) is 9.97 Å². The lowest BCUT2D eigenvalue weighted by Crippen LogP contribution is -2.47. The first kappa shape index (κ1) is 19.3. The number of rotatable bonds is 7. The van der Waals surface area contributed by atoms with Crippen LogP contribution in [0, 0.1) is 0 Å². The summed E-state index contributed by atoms with van der Waals surface area (Å²) in [5.74, 6) is -2.69. The number of nitrogens with one attached hydrogen (secondary N) is 2. The molecule has 4 aromatic rings. The van der Waals surface area contributed by atoms with Gasteiger partial charge in [-0.05, 0) is 17.7 Å². The number of primary amides is 1. The average molecular weight is 421 g/mol. The van der Waals surface area contributed by atoms with Crippen LogP contribution in [0.15, 0.2) is 49.1 Å². The zero-order valence-corrected chi connectivity index (χ0v) is 16.2. The molecule has 4 N–H and O–H groups in total. The topological polar surface area (TPSA) is 157 Å². The largest absolute Gasteiger partial charge is 0.363 e. The summed E-state index contributed by atoms with van der Waals surface area (Å²) in [7, 11) is 0. The molecule has 4 rings (SSSR count). The second-order valence-electron chi connectivity index (χ2n) is 6.37. The monoisotopic (exact) mass is 421 g/mol. The summed E-state index contributed by atoms with van der Waals surface area (Å²) in [4.78, 5) is 47.8. The van der Waals surface area contributed by atoms with Gasteiger partial charge in [-0.2, -0.15) is 8.75 Å². The van der Waals surface area contributed by atoms with Crippen molar-refractivity contribution in [2.75, 3.05) is 0 Å². The number of nitrogens with zero attached hydrogens (tertiary/aromatic N) is 4. The molecule has 3 aromatic heterocycles. The third kappa shape index (κ3) is 3.78. The van der Waals surface area contributed by atoms with Crippen LogP contribution in [-0.2, 0) is 16.0 Å². The highest BCUT2D eigenvalue weighted by molar-refractivity contribution is 6.99. The van der Waals surface area contributed by atoms with Crippen LogP contribution in [0.4, 0.5) is 0 Å². The summed E-state index contributed by atoms with van der Waals surface area (Å²) >= 11 is 0.836. The Morgan fingerprint density at radius 3 is 2.77 bits per heavy atom. The maximum atomic E-state index is 12.9. The number of hydrogen-bond donors (Lipinski definition) is 3. The SMILES string of the molecule is NC(=O)C(=O)C(Cc1c[nH]c2ccccc12)NC(=O)c1nsnc1-c1ccncn1. The molecule has 0 spiro atoms.